The predicted molar refractivity (Wildman–Crippen MR) is 107 cm³/mol. The first-order valence-corrected chi connectivity index (χ1v) is 9.49. The first-order valence-electron chi connectivity index (χ1n) is 9.49. The van der Waals surface area contributed by atoms with Crippen LogP contribution in [0.25, 0.3) is 10.9 Å². The number of aromatic nitrogens is 1. The molecule has 6 nitrogen and oxygen atoms in total. The molecule has 9 heteroatoms. The summed E-state index contributed by atoms with van der Waals surface area (Å²) >= 11 is 0. The van der Waals surface area contributed by atoms with Crippen LogP contribution in [0.3, 0.4) is 0 Å². The Balaban J connectivity index is 1.62. The summed E-state index contributed by atoms with van der Waals surface area (Å²) in [4.78, 5) is 32.7. The Hall–Kier alpha value is -3.62. The fourth-order valence-electron chi connectivity index (χ4n) is 3.63. The molecule has 0 radical (unpaired) electrons. The summed E-state index contributed by atoms with van der Waals surface area (Å²) in [5.41, 5.74) is 2.73. The van der Waals surface area contributed by atoms with Crippen LogP contribution in [-0.4, -0.2) is 34.2 Å². The monoisotopic (exact) mass is 429 g/mol. The van der Waals surface area contributed by atoms with Gasteiger partial charge >= 0.3 is 12.4 Å². The number of rotatable bonds is 4. The zero-order chi connectivity index (χ0) is 22.3. The van der Waals surface area contributed by atoms with Crippen molar-refractivity contribution in [2.45, 2.75) is 32.8 Å². The Morgan fingerprint density at radius 3 is 2.42 bits per heavy atom. The molecule has 1 unspecified atom stereocenters. The van der Waals surface area contributed by atoms with Crippen molar-refractivity contribution in [3.63, 3.8) is 0 Å². The molecule has 1 aliphatic heterocycles. The maximum atomic E-state index is 13.1. The first kappa shape index (κ1) is 20.6. The third kappa shape index (κ3) is 3.90. The highest BCUT2D eigenvalue weighted by Gasteiger charge is 2.43. The van der Waals surface area contributed by atoms with Gasteiger partial charge in [-0.15, -0.1) is 13.2 Å². The number of benzene rings is 2. The van der Waals surface area contributed by atoms with Crippen molar-refractivity contribution in [3.8, 4) is 5.75 Å². The Morgan fingerprint density at radius 2 is 1.74 bits per heavy atom. The summed E-state index contributed by atoms with van der Waals surface area (Å²) in [7, 11) is 0. The van der Waals surface area contributed by atoms with E-state index in [-0.39, 0.29) is 12.2 Å². The Labute approximate surface area is 175 Å². The van der Waals surface area contributed by atoms with E-state index in [2.05, 4.69) is 9.72 Å². The van der Waals surface area contributed by atoms with Crippen LogP contribution in [-0.2, 0) is 11.3 Å². The van der Waals surface area contributed by atoms with Gasteiger partial charge < -0.3 is 9.64 Å². The minimum atomic E-state index is -4.82. The number of para-hydroxylation sites is 1. The van der Waals surface area contributed by atoms with Gasteiger partial charge in [-0.25, -0.2) is 9.69 Å². The average molecular weight is 429 g/mol. The molecule has 0 spiro atoms. The number of hydrogen-bond acceptors (Lipinski definition) is 4. The van der Waals surface area contributed by atoms with Crippen LogP contribution in [0.1, 0.15) is 18.1 Å². The van der Waals surface area contributed by atoms with Crippen molar-refractivity contribution in [3.05, 3.63) is 65.9 Å². The quantitative estimate of drug-likeness (QED) is 0.559. The molecule has 0 aliphatic carbocycles. The lowest BCUT2D eigenvalue weighted by atomic mass is 10.0. The average Bonchev–Trinajstić information content (AvgIpc) is 2.93. The van der Waals surface area contributed by atoms with Crippen molar-refractivity contribution in [2.24, 2.45) is 0 Å². The van der Waals surface area contributed by atoms with Gasteiger partial charge in [0.15, 0.2) is 0 Å². The number of anilines is 1. The van der Waals surface area contributed by atoms with Gasteiger partial charge in [0, 0.05) is 18.1 Å². The van der Waals surface area contributed by atoms with E-state index in [9.17, 15) is 22.8 Å². The SMILES string of the molecule is Cc1cnc2ccccc2c1CN1C(=O)N(c2ccc(OC(F)(F)F)cc2)C(=O)C1C. The normalized spacial score (nSPS) is 17.0. The third-order valence-corrected chi connectivity index (χ3v) is 5.24. The van der Waals surface area contributed by atoms with Crippen molar-refractivity contribution < 1.29 is 27.5 Å². The minimum Gasteiger partial charge on any atom is -0.406 e. The van der Waals surface area contributed by atoms with E-state index in [0.29, 0.717) is 0 Å². The molecular weight excluding hydrogens is 411 g/mol. The van der Waals surface area contributed by atoms with Crippen LogP contribution < -0.4 is 9.64 Å². The van der Waals surface area contributed by atoms with Crippen LogP contribution in [0.5, 0.6) is 5.75 Å². The summed E-state index contributed by atoms with van der Waals surface area (Å²) in [5, 5.41) is 0.891. The molecule has 1 atom stereocenters. The molecule has 2 aromatic carbocycles. The van der Waals surface area contributed by atoms with Gasteiger partial charge in [-0.1, -0.05) is 18.2 Å². The largest absolute Gasteiger partial charge is 0.573 e. The molecule has 1 fully saturated rings. The van der Waals surface area contributed by atoms with E-state index in [0.717, 1.165) is 39.1 Å². The summed E-state index contributed by atoms with van der Waals surface area (Å²) in [5.74, 6) is -0.885. The van der Waals surface area contributed by atoms with Crippen molar-refractivity contribution >= 4 is 28.5 Å². The Morgan fingerprint density at radius 1 is 1.06 bits per heavy atom. The van der Waals surface area contributed by atoms with E-state index < -0.39 is 30.1 Å². The van der Waals surface area contributed by atoms with Gasteiger partial charge in [0.1, 0.15) is 11.8 Å². The number of urea groups is 1. The lowest BCUT2D eigenvalue weighted by Gasteiger charge is -2.21. The number of ether oxygens (including phenoxy) is 1. The highest BCUT2D eigenvalue weighted by molar-refractivity contribution is 6.21. The number of carbonyl (C=O) groups is 2. The highest BCUT2D eigenvalue weighted by atomic mass is 19.4. The molecule has 1 saturated heterocycles. The Kier molecular flexibility index (Phi) is 5.04. The highest BCUT2D eigenvalue weighted by Crippen LogP contribution is 2.31. The van der Waals surface area contributed by atoms with Gasteiger partial charge in [-0.05, 0) is 55.3 Å². The van der Waals surface area contributed by atoms with E-state index in [1.807, 2.05) is 31.2 Å². The third-order valence-electron chi connectivity index (χ3n) is 5.24. The molecule has 2 heterocycles. The topological polar surface area (TPSA) is 62.7 Å². The number of halogens is 3. The molecule has 160 valence electrons. The fraction of sp³-hybridized carbons (Fsp3) is 0.227. The van der Waals surface area contributed by atoms with E-state index in [1.165, 1.54) is 17.0 Å². The minimum absolute atomic E-state index is 0.176. The molecule has 4 rings (SSSR count). The summed E-state index contributed by atoms with van der Waals surface area (Å²) in [6.45, 7) is 3.71. The molecule has 3 aromatic rings. The van der Waals surface area contributed by atoms with Crippen LogP contribution >= 0.6 is 0 Å². The standard InChI is InChI=1S/C22H18F3N3O3/c1-13-11-26-19-6-4-3-5-17(19)18(13)12-27-14(2)20(29)28(21(27)30)15-7-9-16(10-8-15)31-22(23,24)25/h3-11,14H,12H2,1-2H3. The second-order valence-corrected chi connectivity index (χ2v) is 7.24. The Bertz CT molecular complexity index is 1160. The van der Waals surface area contributed by atoms with Gasteiger partial charge in [-0.3, -0.25) is 9.78 Å². The number of fused-ring (bicyclic) bond motifs is 1. The van der Waals surface area contributed by atoms with E-state index >= 15 is 0 Å². The number of pyridine rings is 1. The number of hydrogen-bond donors (Lipinski definition) is 0. The van der Waals surface area contributed by atoms with Crippen LogP contribution in [0.15, 0.2) is 54.7 Å². The zero-order valence-corrected chi connectivity index (χ0v) is 16.7. The number of aryl methyl sites for hydroxylation is 1. The van der Waals surface area contributed by atoms with Gasteiger partial charge in [-0.2, -0.15) is 0 Å². The van der Waals surface area contributed by atoms with Gasteiger partial charge in [0.25, 0.3) is 5.91 Å². The van der Waals surface area contributed by atoms with E-state index in [1.54, 1.807) is 13.1 Å². The molecule has 1 aliphatic rings. The maximum absolute atomic E-state index is 13.1. The summed E-state index contributed by atoms with van der Waals surface area (Å²) < 4.78 is 40.9. The van der Waals surface area contributed by atoms with Gasteiger partial charge in [0.2, 0.25) is 0 Å². The molecule has 31 heavy (non-hydrogen) atoms. The smallest absolute Gasteiger partial charge is 0.406 e. The number of amides is 3. The van der Waals surface area contributed by atoms with Crippen molar-refractivity contribution in [2.75, 3.05) is 4.90 Å². The molecular formula is C22H18F3N3O3. The fourth-order valence-corrected chi connectivity index (χ4v) is 3.63. The molecule has 0 saturated carbocycles. The molecule has 1 aromatic heterocycles. The van der Waals surface area contributed by atoms with Crippen LogP contribution in [0.2, 0.25) is 0 Å². The van der Waals surface area contributed by atoms with Crippen molar-refractivity contribution in [1.29, 1.82) is 0 Å². The second-order valence-electron chi connectivity index (χ2n) is 7.24. The first-order chi connectivity index (χ1) is 14.7. The summed E-state index contributed by atoms with van der Waals surface area (Å²) in [6, 6.07) is 10.9. The molecule has 3 amide bonds. The number of nitrogens with zero attached hydrogens (tertiary/aromatic N) is 3. The van der Waals surface area contributed by atoms with E-state index in [4.69, 9.17) is 0 Å². The van der Waals surface area contributed by atoms with Crippen LogP contribution in [0.4, 0.5) is 23.7 Å². The maximum Gasteiger partial charge on any atom is 0.573 e. The van der Waals surface area contributed by atoms with Gasteiger partial charge in [0.05, 0.1) is 11.2 Å². The number of carbonyl (C=O) groups excluding carboxylic acids is 2. The molecule has 0 N–H and O–H groups in total. The number of alkyl halides is 3. The lowest BCUT2D eigenvalue weighted by molar-refractivity contribution is -0.274. The molecule has 0 bridgehead atoms. The lowest BCUT2D eigenvalue weighted by Crippen LogP contribution is -2.33. The van der Waals surface area contributed by atoms with Crippen LogP contribution in [0, 0.1) is 6.92 Å². The predicted octanol–water partition coefficient (Wildman–Crippen LogP) is 4.80. The van der Waals surface area contributed by atoms with Crippen molar-refractivity contribution in [1.82, 2.24) is 9.88 Å². The zero-order valence-electron chi connectivity index (χ0n) is 16.7. The second kappa shape index (κ2) is 7.57. The summed E-state index contributed by atoms with van der Waals surface area (Å²) in [6.07, 6.45) is -3.10. The number of imide groups is 1.